The number of fused-ring (bicyclic) bond motifs is 4. The molecule has 0 saturated heterocycles. The molecule has 5 nitrogen and oxygen atoms in total. The smallest absolute Gasteiger partial charge is 0.318 e. The number of aromatic nitrogens is 3. The third-order valence-corrected chi connectivity index (χ3v) is 6.71. The van der Waals surface area contributed by atoms with Crippen LogP contribution in [0.4, 0.5) is 25.8 Å². The molecule has 40 heavy (non-hydrogen) atoms. The van der Waals surface area contributed by atoms with Crippen molar-refractivity contribution in [3.63, 3.8) is 0 Å². The summed E-state index contributed by atoms with van der Waals surface area (Å²) in [5.74, 6) is -3.36. The van der Waals surface area contributed by atoms with Crippen LogP contribution in [0.2, 0.25) is 0 Å². The van der Waals surface area contributed by atoms with Crippen molar-refractivity contribution in [3.8, 4) is 5.82 Å². The van der Waals surface area contributed by atoms with Crippen molar-refractivity contribution in [1.82, 2.24) is 19.1 Å². The molecule has 0 amide bonds. The van der Waals surface area contributed by atoms with Crippen molar-refractivity contribution < 1.29 is 42.6 Å². The molecule has 0 spiro atoms. The Morgan fingerprint density at radius 2 is 1.77 bits per heavy atom. The summed E-state index contributed by atoms with van der Waals surface area (Å²) in [4.78, 5) is 8.55. The van der Waals surface area contributed by atoms with Crippen LogP contribution in [0.25, 0.3) is 27.6 Å². The molecule has 3 aromatic heterocycles. The number of aryl methyl sites for hydroxylation is 1. The first-order valence-electron chi connectivity index (χ1n) is 15.0. The van der Waals surface area contributed by atoms with Crippen LogP contribution in [0.15, 0.2) is 91.4 Å². The SMILES string of the molecule is [2H]C([2H])([2H])c1ccnc(-n2c3[c-]c(C(F)(F)c4[c-]c([N+]5=C=[N+](C([2H])([2H])[2H])c6ccccc65)ccc4)ccc3c3ccncc32)c1.[Pt+2]. The van der Waals surface area contributed by atoms with E-state index in [4.69, 9.17) is 8.22 Å². The van der Waals surface area contributed by atoms with E-state index in [1.54, 1.807) is 59.4 Å². The fraction of sp³-hybridized carbons (Fsp3) is 0.0938. The van der Waals surface area contributed by atoms with Crippen LogP contribution in [0, 0.1) is 19.0 Å². The number of benzene rings is 3. The van der Waals surface area contributed by atoms with Gasteiger partial charge in [0.25, 0.3) is 17.3 Å². The molecule has 3 aromatic carbocycles. The second-order valence-electron chi connectivity index (χ2n) is 9.05. The Labute approximate surface area is 252 Å². The number of para-hydroxylation sites is 2. The van der Waals surface area contributed by atoms with Gasteiger partial charge < -0.3 is 4.57 Å². The minimum absolute atomic E-state index is 0. The molecule has 7 rings (SSSR count). The van der Waals surface area contributed by atoms with E-state index >= 15 is 8.78 Å². The Morgan fingerprint density at radius 3 is 2.62 bits per heavy atom. The van der Waals surface area contributed by atoms with Crippen molar-refractivity contribution in [3.05, 3.63) is 120 Å². The topological polar surface area (TPSA) is 36.7 Å². The van der Waals surface area contributed by atoms with Crippen molar-refractivity contribution in [2.75, 3.05) is 6.98 Å². The molecule has 0 N–H and O–H groups in total. The predicted octanol–water partition coefficient (Wildman–Crippen LogP) is 6.92. The minimum Gasteiger partial charge on any atom is -0.318 e. The van der Waals surface area contributed by atoms with E-state index in [2.05, 4.69) is 28.1 Å². The minimum atomic E-state index is -3.58. The Balaban J connectivity index is 0.00000372. The van der Waals surface area contributed by atoms with Crippen LogP contribution in [-0.4, -0.2) is 32.1 Å². The van der Waals surface area contributed by atoms with E-state index < -0.39 is 30.9 Å². The maximum atomic E-state index is 16.3. The van der Waals surface area contributed by atoms with Crippen LogP contribution in [-0.2, 0) is 27.0 Å². The van der Waals surface area contributed by atoms with Gasteiger partial charge in [0.2, 0.25) is 0 Å². The third-order valence-electron chi connectivity index (χ3n) is 6.71. The number of nitrogens with zero attached hydrogens (tertiary/aromatic N) is 5. The Hall–Kier alpha value is -4.31. The molecule has 0 atom stereocenters. The second kappa shape index (κ2) is 9.71. The van der Waals surface area contributed by atoms with Crippen molar-refractivity contribution in [2.45, 2.75) is 12.8 Å². The van der Waals surface area contributed by atoms with E-state index in [-0.39, 0.29) is 43.7 Å². The van der Waals surface area contributed by atoms with Crippen molar-refractivity contribution in [1.29, 1.82) is 0 Å². The standard InChI is InChI=1S/C32H21F2N5.Pt/c1-21-12-15-36-31(16-21)39-29-18-23(10-11-25(29)26-13-14-35-19-30(26)39)32(33,34)22-6-5-7-24(17-22)38-20-37(2)27-8-3-4-9-28(27)38;/h3-16,19H,1-2H3;/q;+2/i1D3,2D3;. The molecule has 6 aromatic rings. The van der Waals surface area contributed by atoms with Gasteiger partial charge in [-0.25, -0.2) is 13.8 Å². The number of hydrogen-bond acceptors (Lipinski definition) is 2. The van der Waals surface area contributed by atoms with Gasteiger partial charge in [-0.1, -0.05) is 50.1 Å². The second-order valence-corrected chi connectivity index (χ2v) is 9.05. The van der Waals surface area contributed by atoms with Gasteiger partial charge in [-0.2, -0.15) is 24.3 Å². The van der Waals surface area contributed by atoms with E-state index in [1.165, 1.54) is 41.1 Å². The van der Waals surface area contributed by atoms with E-state index in [9.17, 15) is 0 Å². The average molecular weight is 715 g/mol. The normalized spacial score (nSPS) is 15.6. The molecule has 196 valence electrons. The predicted molar refractivity (Wildman–Crippen MR) is 147 cm³/mol. The maximum Gasteiger partial charge on any atom is 2.00 e. The number of alkyl halides is 2. The van der Waals surface area contributed by atoms with Gasteiger partial charge in [-0.3, -0.25) is 4.98 Å². The van der Waals surface area contributed by atoms with Gasteiger partial charge >= 0.3 is 27.1 Å². The van der Waals surface area contributed by atoms with Gasteiger partial charge in [0.1, 0.15) is 15.6 Å². The summed E-state index contributed by atoms with van der Waals surface area (Å²) in [6, 6.07) is 26.8. The van der Waals surface area contributed by atoms with Gasteiger partial charge in [-0.15, -0.1) is 11.5 Å². The molecule has 1 aliphatic heterocycles. The molecule has 1 aliphatic rings. The van der Waals surface area contributed by atoms with Crippen molar-refractivity contribution >= 4 is 44.9 Å². The zero-order valence-electron chi connectivity index (χ0n) is 26.5. The molecule has 4 heterocycles. The first-order chi connectivity index (χ1) is 21.3. The van der Waals surface area contributed by atoms with E-state index in [0.717, 1.165) is 4.58 Å². The molecule has 0 bridgehead atoms. The van der Waals surface area contributed by atoms with Gasteiger partial charge in [0.15, 0.2) is 6.98 Å². The summed E-state index contributed by atoms with van der Waals surface area (Å²) in [5.41, 5.74) is 0.950. The molecule has 0 aliphatic carbocycles. The fourth-order valence-corrected chi connectivity index (χ4v) is 4.90. The molecule has 0 unspecified atom stereocenters. The quantitative estimate of drug-likeness (QED) is 0.147. The zero-order valence-corrected chi connectivity index (χ0v) is 22.7. The van der Waals surface area contributed by atoms with Crippen LogP contribution < -0.4 is 4.58 Å². The summed E-state index contributed by atoms with van der Waals surface area (Å²) < 4.78 is 83.8. The molecular weight excluding hydrogens is 687 g/mol. The zero-order chi connectivity index (χ0) is 31.7. The Morgan fingerprint density at radius 1 is 0.925 bits per heavy atom. The monoisotopic (exact) mass is 714 g/mol. The number of rotatable bonds is 4. The molecule has 0 fully saturated rings. The third kappa shape index (κ3) is 4.01. The van der Waals surface area contributed by atoms with E-state index in [0.29, 0.717) is 27.7 Å². The fourth-order valence-electron chi connectivity index (χ4n) is 4.90. The van der Waals surface area contributed by atoms with Crippen LogP contribution >= 0.6 is 0 Å². The summed E-state index contributed by atoms with van der Waals surface area (Å²) in [6.07, 6.45) is 4.51. The van der Waals surface area contributed by atoms with Gasteiger partial charge in [0, 0.05) is 28.6 Å². The Kier molecular flexibility index (Phi) is 4.78. The van der Waals surface area contributed by atoms with Crippen LogP contribution in [0.1, 0.15) is 24.9 Å². The largest absolute Gasteiger partial charge is 2.00 e. The van der Waals surface area contributed by atoms with Crippen molar-refractivity contribution in [2.24, 2.45) is 0 Å². The summed E-state index contributed by atoms with van der Waals surface area (Å²) in [5, 5.41) is 1.31. The molecule has 8 heteroatoms. The maximum absolute atomic E-state index is 16.3. The Bertz CT molecular complexity index is 2240. The van der Waals surface area contributed by atoms with Gasteiger partial charge in [0.05, 0.1) is 11.7 Å². The number of hydrogen-bond donors (Lipinski definition) is 0. The first-order valence-corrected chi connectivity index (χ1v) is 12.0. The first kappa shape index (κ1) is 19.7. The molecular formula is C32H21F2N5Pt+2. The van der Waals surface area contributed by atoms with Gasteiger partial charge in [-0.05, 0) is 36.0 Å². The number of halogens is 2. The summed E-state index contributed by atoms with van der Waals surface area (Å²) in [7, 11) is 0. The van der Waals surface area contributed by atoms with E-state index in [1.807, 2.05) is 0 Å². The summed E-state index contributed by atoms with van der Waals surface area (Å²) in [6.45, 7) is -4.94. The summed E-state index contributed by atoms with van der Waals surface area (Å²) >= 11 is 0. The number of pyridine rings is 2. The molecule has 0 radical (unpaired) electrons. The average Bonchev–Trinajstić information content (AvgIpc) is 3.57. The van der Waals surface area contributed by atoms with Crippen LogP contribution in [0.3, 0.4) is 0 Å². The molecule has 0 saturated carbocycles. The van der Waals surface area contributed by atoms with Crippen LogP contribution in [0.5, 0.6) is 0 Å².